The quantitative estimate of drug-likeness (QED) is 0.528. The van der Waals surface area contributed by atoms with Crippen molar-refractivity contribution in [2.24, 2.45) is 0 Å². The molecule has 5 nitrogen and oxygen atoms in total. The molecule has 106 valence electrons. The molecule has 0 aliphatic rings. The van der Waals surface area contributed by atoms with Gasteiger partial charge in [-0.15, -0.1) is 0 Å². The number of nitrogens with one attached hydrogen (secondary N) is 1. The highest BCUT2D eigenvalue weighted by Crippen LogP contribution is 2.32. The van der Waals surface area contributed by atoms with Crippen molar-refractivity contribution in [2.75, 3.05) is 0 Å². The van der Waals surface area contributed by atoms with E-state index in [1.807, 2.05) is 48.5 Å². The fraction of sp³-hybridized carbons (Fsp3) is 0. The van der Waals surface area contributed by atoms with Crippen molar-refractivity contribution >= 4 is 22.1 Å². The van der Waals surface area contributed by atoms with Gasteiger partial charge in [-0.25, -0.2) is 9.97 Å². The van der Waals surface area contributed by atoms with Crippen LogP contribution in [0, 0.1) is 0 Å². The van der Waals surface area contributed by atoms with Gasteiger partial charge in [0.1, 0.15) is 5.52 Å². The van der Waals surface area contributed by atoms with Gasteiger partial charge in [-0.1, -0.05) is 42.5 Å². The average molecular weight is 289 g/mol. The third kappa shape index (κ3) is 1.83. The van der Waals surface area contributed by atoms with Gasteiger partial charge in [-0.3, -0.25) is 9.78 Å². The lowest BCUT2D eigenvalue weighted by atomic mass is 10.1. The van der Waals surface area contributed by atoms with E-state index in [1.54, 1.807) is 6.07 Å². The molecule has 0 saturated carbocycles. The van der Waals surface area contributed by atoms with E-state index in [4.69, 9.17) is 0 Å². The summed E-state index contributed by atoms with van der Waals surface area (Å²) in [6.45, 7) is 0. The van der Waals surface area contributed by atoms with Gasteiger partial charge < -0.3 is 5.11 Å². The first-order valence-corrected chi connectivity index (χ1v) is 6.81. The summed E-state index contributed by atoms with van der Waals surface area (Å²) in [5.41, 5.74) is 2.73. The summed E-state index contributed by atoms with van der Waals surface area (Å²) in [5.74, 6) is -0.201. The number of benzene rings is 2. The van der Waals surface area contributed by atoms with Crippen molar-refractivity contribution in [1.82, 2.24) is 15.0 Å². The highest BCUT2D eigenvalue weighted by Gasteiger charge is 2.16. The highest BCUT2D eigenvalue weighted by molar-refractivity contribution is 5.97. The Balaban J connectivity index is 2.20. The van der Waals surface area contributed by atoms with Crippen molar-refractivity contribution in [3.05, 3.63) is 65.0 Å². The molecule has 4 rings (SSSR count). The number of fused-ring (bicyclic) bond motifs is 2. The Kier molecular flexibility index (Phi) is 2.66. The van der Waals surface area contributed by atoms with Crippen molar-refractivity contribution in [2.45, 2.75) is 0 Å². The van der Waals surface area contributed by atoms with Crippen LogP contribution in [0.2, 0.25) is 0 Å². The summed E-state index contributed by atoms with van der Waals surface area (Å²) in [6.07, 6.45) is 0. The topological polar surface area (TPSA) is 78.9 Å². The molecule has 0 spiro atoms. The molecule has 4 aromatic rings. The van der Waals surface area contributed by atoms with Gasteiger partial charge in [0, 0.05) is 0 Å². The summed E-state index contributed by atoms with van der Waals surface area (Å²) >= 11 is 0. The number of pyridine rings is 1. The number of aromatic nitrogens is 3. The monoisotopic (exact) mass is 289 g/mol. The third-order valence-electron chi connectivity index (χ3n) is 3.55. The van der Waals surface area contributed by atoms with E-state index in [9.17, 15) is 9.90 Å². The summed E-state index contributed by atoms with van der Waals surface area (Å²) < 4.78 is 0. The van der Waals surface area contributed by atoms with Crippen molar-refractivity contribution in [3.8, 4) is 17.0 Å². The van der Waals surface area contributed by atoms with Crippen LogP contribution in [0.4, 0.5) is 0 Å². The van der Waals surface area contributed by atoms with E-state index in [-0.39, 0.29) is 11.4 Å². The van der Waals surface area contributed by atoms with Crippen LogP contribution in [0.1, 0.15) is 0 Å². The molecule has 0 unspecified atom stereocenters. The smallest absolute Gasteiger partial charge is 0.278 e. The molecule has 0 atom stereocenters. The zero-order chi connectivity index (χ0) is 15.1. The Morgan fingerprint density at radius 3 is 2.09 bits per heavy atom. The molecule has 0 aliphatic heterocycles. The molecule has 0 saturated heterocycles. The lowest BCUT2D eigenvalue weighted by Crippen LogP contribution is -2.10. The lowest BCUT2D eigenvalue weighted by Gasteiger charge is -2.08. The Hall–Kier alpha value is -3.21. The molecule has 2 aromatic carbocycles. The van der Waals surface area contributed by atoms with Gasteiger partial charge in [0.2, 0.25) is 5.88 Å². The molecule has 0 amide bonds. The van der Waals surface area contributed by atoms with Crippen LogP contribution < -0.4 is 5.56 Å². The second kappa shape index (κ2) is 4.66. The molecule has 22 heavy (non-hydrogen) atoms. The van der Waals surface area contributed by atoms with Crippen LogP contribution in [-0.4, -0.2) is 20.1 Å². The maximum absolute atomic E-state index is 12.1. The number of para-hydroxylation sites is 2. The van der Waals surface area contributed by atoms with Gasteiger partial charge in [0.05, 0.1) is 16.6 Å². The predicted molar refractivity (Wildman–Crippen MR) is 84.8 cm³/mol. The fourth-order valence-electron chi connectivity index (χ4n) is 2.55. The summed E-state index contributed by atoms with van der Waals surface area (Å²) in [7, 11) is 0. The maximum atomic E-state index is 12.1. The molecule has 0 fully saturated rings. The van der Waals surface area contributed by atoms with E-state index < -0.39 is 5.56 Å². The zero-order valence-corrected chi connectivity index (χ0v) is 11.4. The number of aromatic amines is 1. The van der Waals surface area contributed by atoms with E-state index in [1.165, 1.54) is 0 Å². The molecular formula is C17H11N3O2. The van der Waals surface area contributed by atoms with Gasteiger partial charge in [0.15, 0.2) is 5.52 Å². The summed E-state index contributed by atoms with van der Waals surface area (Å²) in [5, 5.41) is 10.2. The minimum Gasteiger partial charge on any atom is -0.494 e. The van der Waals surface area contributed by atoms with Gasteiger partial charge in [-0.2, -0.15) is 0 Å². The number of hydrogen-bond donors (Lipinski definition) is 2. The number of hydrogen-bond acceptors (Lipinski definition) is 4. The lowest BCUT2D eigenvalue weighted by molar-refractivity contribution is 0.455. The Bertz CT molecular complexity index is 1060. The second-order valence-electron chi connectivity index (χ2n) is 4.95. The Morgan fingerprint density at radius 2 is 1.41 bits per heavy atom. The fourth-order valence-corrected chi connectivity index (χ4v) is 2.55. The third-order valence-corrected chi connectivity index (χ3v) is 3.55. The van der Waals surface area contributed by atoms with Crippen LogP contribution >= 0.6 is 0 Å². The first kappa shape index (κ1) is 12.5. The SMILES string of the molecule is O=c1[nH]c(O)c(-c2ccccc2)c2nc3ccccc3nc12. The normalized spacial score (nSPS) is 11.1. The molecule has 0 radical (unpaired) electrons. The van der Waals surface area contributed by atoms with Crippen molar-refractivity contribution < 1.29 is 5.11 Å². The molecular weight excluding hydrogens is 278 g/mol. The van der Waals surface area contributed by atoms with E-state index in [0.29, 0.717) is 22.1 Å². The predicted octanol–water partition coefficient (Wildman–Crippen LogP) is 2.84. The summed E-state index contributed by atoms with van der Waals surface area (Å²) in [6, 6.07) is 16.6. The maximum Gasteiger partial charge on any atom is 0.278 e. The summed E-state index contributed by atoms with van der Waals surface area (Å²) in [4.78, 5) is 23.5. The van der Waals surface area contributed by atoms with Gasteiger partial charge in [0.25, 0.3) is 5.56 Å². The van der Waals surface area contributed by atoms with Crippen LogP contribution in [0.5, 0.6) is 5.88 Å². The highest BCUT2D eigenvalue weighted by atomic mass is 16.3. The van der Waals surface area contributed by atoms with Crippen molar-refractivity contribution in [1.29, 1.82) is 0 Å². The van der Waals surface area contributed by atoms with E-state index >= 15 is 0 Å². The van der Waals surface area contributed by atoms with E-state index in [2.05, 4.69) is 15.0 Å². The Labute approximate surface area is 124 Å². The molecule has 2 heterocycles. The molecule has 2 aromatic heterocycles. The minimum atomic E-state index is -0.453. The minimum absolute atomic E-state index is 0.201. The number of H-pyrrole nitrogens is 1. The zero-order valence-electron chi connectivity index (χ0n) is 11.4. The number of rotatable bonds is 1. The van der Waals surface area contributed by atoms with Gasteiger partial charge in [-0.05, 0) is 17.7 Å². The van der Waals surface area contributed by atoms with Crippen LogP contribution in [0.15, 0.2) is 59.4 Å². The number of aromatic hydroxyl groups is 1. The van der Waals surface area contributed by atoms with E-state index in [0.717, 1.165) is 5.56 Å². The molecule has 5 heteroatoms. The standard InChI is InChI=1S/C17H11N3O2/c21-16-13(10-6-2-1-3-7-10)14-15(17(22)20-16)19-12-9-5-4-8-11(12)18-14/h1-9H,(H2,20,21,22). The Morgan fingerprint density at radius 1 is 0.818 bits per heavy atom. The van der Waals surface area contributed by atoms with Crippen LogP contribution in [0.25, 0.3) is 33.2 Å². The first-order chi connectivity index (χ1) is 10.7. The largest absolute Gasteiger partial charge is 0.494 e. The van der Waals surface area contributed by atoms with Crippen molar-refractivity contribution in [3.63, 3.8) is 0 Å². The first-order valence-electron chi connectivity index (χ1n) is 6.81. The number of nitrogens with zero attached hydrogens (tertiary/aromatic N) is 2. The van der Waals surface area contributed by atoms with Crippen LogP contribution in [0.3, 0.4) is 0 Å². The molecule has 0 aliphatic carbocycles. The molecule has 0 bridgehead atoms. The van der Waals surface area contributed by atoms with Crippen LogP contribution in [-0.2, 0) is 0 Å². The average Bonchev–Trinajstić information content (AvgIpc) is 2.54. The van der Waals surface area contributed by atoms with Gasteiger partial charge >= 0.3 is 0 Å². The molecule has 2 N–H and O–H groups in total. The second-order valence-corrected chi connectivity index (χ2v) is 4.95.